The molecule has 0 bridgehead atoms. The first-order valence-corrected chi connectivity index (χ1v) is 5.93. The summed E-state index contributed by atoms with van der Waals surface area (Å²) in [5.41, 5.74) is 1.19. The molecule has 2 aromatic rings. The first kappa shape index (κ1) is 10.1. The first-order chi connectivity index (χ1) is 7.38. The second-order valence-electron chi connectivity index (χ2n) is 3.32. The van der Waals surface area contributed by atoms with Crippen LogP contribution in [0.5, 0.6) is 0 Å². The summed E-state index contributed by atoms with van der Waals surface area (Å²) in [6.45, 7) is 3.78. The van der Waals surface area contributed by atoms with Crippen molar-refractivity contribution in [3.63, 3.8) is 0 Å². The summed E-state index contributed by atoms with van der Waals surface area (Å²) in [6.07, 6.45) is 1.89. The van der Waals surface area contributed by atoms with Gasteiger partial charge in [-0.3, -0.25) is 0 Å². The lowest BCUT2D eigenvalue weighted by Gasteiger charge is -2.02. The van der Waals surface area contributed by atoms with Gasteiger partial charge in [0, 0.05) is 0 Å². The van der Waals surface area contributed by atoms with Crippen LogP contribution >= 0.6 is 8.58 Å². The van der Waals surface area contributed by atoms with E-state index in [-0.39, 0.29) is 0 Å². The molecule has 2 aromatic carbocycles. The maximum absolute atomic E-state index is 3.78. The van der Waals surface area contributed by atoms with E-state index in [9.17, 15) is 0 Å². The Morgan fingerprint density at radius 1 is 0.867 bits per heavy atom. The van der Waals surface area contributed by atoms with Gasteiger partial charge < -0.3 is 0 Å². The molecular weight excluding hydrogens is 199 g/mol. The predicted molar refractivity (Wildman–Crippen MR) is 70.6 cm³/mol. The molecular formula is C14H13P. The fourth-order valence-corrected chi connectivity index (χ4v) is 2.54. The van der Waals surface area contributed by atoms with E-state index < -0.39 is 0 Å². The zero-order chi connectivity index (χ0) is 10.5. The fraction of sp³-hybridized carbons (Fsp3) is 0. The molecule has 2 rings (SSSR count). The van der Waals surface area contributed by atoms with Gasteiger partial charge in [0.15, 0.2) is 0 Å². The lowest BCUT2D eigenvalue weighted by atomic mass is 10.2. The van der Waals surface area contributed by atoms with Crippen LogP contribution in [-0.4, -0.2) is 0 Å². The van der Waals surface area contributed by atoms with Gasteiger partial charge in [-0.2, -0.15) is 0 Å². The van der Waals surface area contributed by atoms with Gasteiger partial charge in [0.1, 0.15) is 0 Å². The van der Waals surface area contributed by atoms with Gasteiger partial charge in [-0.1, -0.05) is 69.8 Å². The van der Waals surface area contributed by atoms with Gasteiger partial charge in [0.05, 0.1) is 0 Å². The lowest BCUT2D eigenvalue weighted by molar-refractivity contribution is 1.71. The zero-order valence-electron chi connectivity index (χ0n) is 8.48. The van der Waals surface area contributed by atoms with Crippen molar-refractivity contribution in [1.29, 1.82) is 0 Å². The van der Waals surface area contributed by atoms with Gasteiger partial charge in [-0.05, 0) is 22.2 Å². The van der Waals surface area contributed by atoms with Gasteiger partial charge >= 0.3 is 0 Å². The Morgan fingerprint density at radius 2 is 1.60 bits per heavy atom. The van der Waals surface area contributed by atoms with E-state index >= 15 is 0 Å². The maximum atomic E-state index is 3.78. The van der Waals surface area contributed by atoms with Crippen LogP contribution in [0.25, 0.3) is 6.08 Å². The van der Waals surface area contributed by atoms with Crippen LogP contribution in [0.3, 0.4) is 0 Å². The molecule has 1 unspecified atom stereocenters. The summed E-state index contributed by atoms with van der Waals surface area (Å²) in [5.74, 6) is 0. The highest BCUT2D eigenvalue weighted by Crippen LogP contribution is 2.11. The van der Waals surface area contributed by atoms with Crippen molar-refractivity contribution in [1.82, 2.24) is 0 Å². The molecule has 0 saturated carbocycles. The Labute approximate surface area is 92.4 Å². The zero-order valence-corrected chi connectivity index (χ0v) is 9.48. The van der Waals surface area contributed by atoms with Crippen molar-refractivity contribution in [2.75, 3.05) is 0 Å². The summed E-state index contributed by atoms with van der Waals surface area (Å²) in [6, 6.07) is 19.1. The molecule has 0 aliphatic rings. The number of hydrogen-bond acceptors (Lipinski definition) is 0. The van der Waals surface area contributed by atoms with Gasteiger partial charge in [0.25, 0.3) is 0 Å². The molecule has 0 aliphatic carbocycles. The predicted octanol–water partition coefficient (Wildman–Crippen LogP) is 2.96. The Balaban J connectivity index is 2.21. The molecule has 0 spiro atoms. The molecule has 74 valence electrons. The summed E-state index contributed by atoms with van der Waals surface area (Å²) in [5, 5.41) is 2.73. The molecule has 0 fully saturated rings. The summed E-state index contributed by atoms with van der Waals surface area (Å²) < 4.78 is 0. The van der Waals surface area contributed by atoms with E-state index in [0.29, 0.717) is 0 Å². The lowest BCUT2D eigenvalue weighted by Crippen LogP contribution is -2.02. The molecule has 0 saturated heterocycles. The van der Waals surface area contributed by atoms with Crippen molar-refractivity contribution in [2.24, 2.45) is 0 Å². The van der Waals surface area contributed by atoms with E-state index in [1.54, 1.807) is 0 Å². The van der Waals surface area contributed by atoms with Crippen molar-refractivity contribution in [3.05, 3.63) is 66.7 Å². The minimum Gasteiger partial charge on any atom is -0.0985 e. The third-order valence-corrected chi connectivity index (χ3v) is 3.41. The Hall–Kier alpha value is -1.39. The molecule has 0 heterocycles. The van der Waals surface area contributed by atoms with E-state index in [0.717, 1.165) is 8.58 Å². The normalized spacial score (nSPS) is 10.7. The molecule has 0 amide bonds. The van der Waals surface area contributed by atoms with Gasteiger partial charge in [-0.25, -0.2) is 0 Å². The van der Waals surface area contributed by atoms with Crippen molar-refractivity contribution in [2.45, 2.75) is 0 Å². The molecule has 0 N–H and O–H groups in total. The van der Waals surface area contributed by atoms with Crippen LogP contribution in [0.15, 0.2) is 61.2 Å². The van der Waals surface area contributed by atoms with Crippen LogP contribution in [0, 0.1) is 0 Å². The summed E-state index contributed by atoms with van der Waals surface area (Å²) in [7, 11) is 0.728. The van der Waals surface area contributed by atoms with E-state index in [4.69, 9.17) is 0 Å². The van der Waals surface area contributed by atoms with E-state index in [1.807, 2.05) is 12.1 Å². The second kappa shape index (κ2) is 4.91. The number of rotatable bonds is 3. The van der Waals surface area contributed by atoms with Crippen LogP contribution in [-0.2, 0) is 0 Å². The molecule has 0 aromatic heterocycles. The van der Waals surface area contributed by atoms with E-state index in [1.165, 1.54) is 16.2 Å². The minimum atomic E-state index is 0.728. The Kier molecular flexibility index (Phi) is 3.32. The topological polar surface area (TPSA) is 0 Å². The third-order valence-electron chi connectivity index (χ3n) is 2.18. The molecule has 0 radical (unpaired) electrons. The largest absolute Gasteiger partial charge is 0.0985 e. The average Bonchev–Trinajstić information content (AvgIpc) is 2.31. The standard InChI is InChI=1S/C14H13P/c1-2-12-7-6-10-14(11-12)15-13-8-4-3-5-9-13/h2-11,15H,1H2. The van der Waals surface area contributed by atoms with Crippen LogP contribution in [0.4, 0.5) is 0 Å². The fourth-order valence-electron chi connectivity index (χ4n) is 1.43. The second-order valence-corrected chi connectivity index (χ2v) is 4.73. The minimum absolute atomic E-state index is 0.728. The Morgan fingerprint density at radius 3 is 2.33 bits per heavy atom. The Bertz CT molecular complexity index is 446. The van der Waals surface area contributed by atoms with Crippen LogP contribution in [0.1, 0.15) is 5.56 Å². The van der Waals surface area contributed by atoms with Crippen molar-refractivity contribution >= 4 is 25.3 Å². The maximum Gasteiger partial charge on any atom is -0.0220 e. The molecule has 1 heteroatoms. The van der Waals surface area contributed by atoms with Crippen molar-refractivity contribution < 1.29 is 0 Å². The van der Waals surface area contributed by atoms with E-state index in [2.05, 4.69) is 55.1 Å². The van der Waals surface area contributed by atoms with Gasteiger partial charge in [-0.15, -0.1) is 0 Å². The van der Waals surface area contributed by atoms with Gasteiger partial charge in [0.2, 0.25) is 0 Å². The highest BCUT2D eigenvalue weighted by molar-refractivity contribution is 7.55. The molecule has 0 aliphatic heterocycles. The number of hydrogen-bond donors (Lipinski definition) is 0. The summed E-state index contributed by atoms with van der Waals surface area (Å²) in [4.78, 5) is 0. The third kappa shape index (κ3) is 2.78. The molecule has 1 atom stereocenters. The molecule has 15 heavy (non-hydrogen) atoms. The van der Waals surface area contributed by atoms with Crippen LogP contribution in [0.2, 0.25) is 0 Å². The van der Waals surface area contributed by atoms with Crippen LogP contribution < -0.4 is 10.6 Å². The first-order valence-electron chi connectivity index (χ1n) is 4.93. The quantitative estimate of drug-likeness (QED) is 0.686. The number of benzene rings is 2. The monoisotopic (exact) mass is 212 g/mol. The SMILES string of the molecule is C=Cc1cccc(Pc2ccccc2)c1. The highest BCUT2D eigenvalue weighted by Gasteiger charge is 1.95. The van der Waals surface area contributed by atoms with Crippen molar-refractivity contribution in [3.8, 4) is 0 Å². The average molecular weight is 212 g/mol. The smallest absolute Gasteiger partial charge is 0.0220 e. The molecule has 0 nitrogen and oxygen atoms in total. The highest BCUT2D eigenvalue weighted by atomic mass is 31.1. The summed E-state index contributed by atoms with van der Waals surface area (Å²) >= 11 is 0.